The molecule has 0 aliphatic carbocycles. The average molecular weight is 455 g/mol. The van der Waals surface area contributed by atoms with Gasteiger partial charge < -0.3 is 10.6 Å². The lowest BCUT2D eigenvalue weighted by Crippen LogP contribution is -2.49. The molecule has 34 heavy (non-hydrogen) atoms. The van der Waals surface area contributed by atoms with E-state index in [2.05, 4.69) is 39.1 Å². The number of carbonyl (C=O) groups excluding carboxylic acids is 2. The van der Waals surface area contributed by atoms with E-state index >= 15 is 0 Å². The van der Waals surface area contributed by atoms with E-state index in [1.165, 1.54) is 11.9 Å². The van der Waals surface area contributed by atoms with Crippen molar-refractivity contribution in [2.24, 2.45) is 5.73 Å². The smallest absolute Gasteiger partial charge is 0.271 e. The summed E-state index contributed by atoms with van der Waals surface area (Å²) in [5.74, 6) is -0.786. The molecule has 1 aliphatic heterocycles. The molecule has 1 fully saturated rings. The first kappa shape index (κ1) is 21.8. The highest BCUT2D eigenvalue weighted by molar-refractivity contribution is 5.99. The topological polar surface area (TPSA) is 96.8 Å². The maximum absolute atomic E-state index is 13.6. The normalized spacial score (nSPS) is 14.4. The third-order valence-electron chi connectivity index (χ3n) is 6.24. The average Bonchev–Trinajstić information content (AvgIpc) is 3.32. The van der Waals surface area contributed by atoms with Crippen molar-refractivity contribution in [3.05, 3.63) is 90.0 Å². The molecule has 1 aliphatic rings. The lowest BCUT2D eigenvalue weighted by Gasteiger charge is -2.34. The van der Waals surface area contributed by atoms with Crippen LogP contribution in [0.4, 0.5) is 0 Å². The van der Waals surface area contributed by atoms with E-state index in [9.17, 15) is 9.59 Å². The van der Waals surface area contributed by atoms with Crippen LogP contribution in [-0.4, -0.2) is 68.7 Å². The highest BCUT2D eigenvalue weighted by atomic mass is 16.2. The molecular formula is C26H26N6O2. The van der Waals surface area contributed by atoms with E-state index < -0.39 is 5.91 Å². The summed E-state index contributed by atoms with van der Waals surface area (Å²) in [5, 5.41) is 0. The standard InChI is InChI=1S/C26H26N6O2/c27-24(33)23-25-29-21(20-9-5-2-6-10-20)17-22(32(25)18-28-23)26(34)31-15-13-30(14-16-31)12-11-19-7-3-1-4-8-19/h1-10,17-18H,11-16H2,(H2,27,33). The Morgan fingerprint density at radius 1 is 0.912 bits per heavy atom. The van der Waals surface area contributed by atoms with Gasteiger partial charge in [-0.3, -0.25) is 18.9 Å². The van der Waals surface area contributed by atoms with Crippen LogP contribution in [0.3, 0.4) is 0 Å². The van der Waals surface area contributed by atoms with E-state index in [0.29, 0.717) is 30.1 Å². The third kappa shape index (κ3) is 4.40. The second-order valence-electron chi connectivity index (χ2n) is 8.41. The first-order valence-corrected chi connectivity index (χ1v) is 11.4. The van der Waals surface area contributed by atoms with Crippen molar-refractivity contribution in [1.29, 1.82) is 0 Å². The quantitative estimate of drug-likeness (QED) is 0.483. The number of hydrogen-bond acceptors (Lipinski definition) is 5. The van der Waals surface area contributed by atoms with Crippen LogP contribution in [0.5, 0.6) is 0 Å². The van der Waals surface area contributed by atoms with Gasteiger partial charge in [0, 0.05) is 38.3 Å². The van der Waals surface area contributed by atoms with Crippen molar-refractivity contribution < 1.29 is 9.59 Å². The van der Waals surface area contributed by atoms with E-state index in [0.717, 1.165) is 31.6 Å². The molecule has 8 nitrogen and oxygen atoms in total. The zero-order chi connectivity index (χ0) is 23.5. The van der Waals surface area contributed by atoms with E-state index in [4.69, 9.17) is 5.73 Å². The number of primary amides is 1. The number of benzene rings is 2. The molecule has 1 saturated heterocycles. The number of rotatable bonds is 6. The minimum atomic E-state index is -0.675. The maximum Gasteiger partial charge on any atom is 0.271 e. The van der Waals surface area contributed by atoms with Crippen molar-refractivity contribution in [1.82, 2.24) is 24.2 Å². The SMILES string of the molecule is NC(=O)c1ncn2c(C(=O)N3CCN(CCc4ccccc4)CC3)cc(-c3ccccc3)nc12. The Balaban J connectivity index is 1.37. The molecule has 5 rings (SSSR count). The Morgan fingerprint density at radius 3 is 2.26 bits per heavy atom. The highest BCUT2D eigenvalue weighted by Gasteiger charge is 2.26. The summed E-state index contributed by atoms with van der Waals surface area (Å²) in [5.41, 5.74) is 9.04. The van der Waals surface area contributed by atoms with Gasteiger partial charge in [0.05, 0.1) is 5.69 Å². The Kier molecular flexibility index (Phi) is 6.05. The molecule has 0 bridgehead atoms. The molecule has 8 heteroatoms. The molecule has 0 radical (unpaired) electrons. The molecule has 172 valence electrons. The number of fused-ring (bicyclic) bond motifs is 1. The lowest BCUT2D eigenvalue weighted by atomic mass is 10.1. The monoisotopic (exact) mass is 454 g/mol. The predicted octanol–water partition coefficient (Wildman–Crippen LogP) is 2.50. The summed E-state index contributed by atoms with van der Waals surface area (Å²) in [4.78, 5) is 38.5. The van der Waals surface area contributed by atoms with Gasteiger partial charge in [0.1, 0.15) is 12.0 Å². The number of nitrogens with zero attached hydrogens (tertiary/aromatic N) is 5. The van der Waals surface area contributed by atoms with Crippen LogP contribution >= 0.6 is 0 Å². The summed E-state index contributed by atoms with van der Waals surface area (Å²) in [7, 11) is 0. The fourth-order valence-electron chi connectivity index (χ4n) is 4.33. The fraction of sp³-hybridized carbons (Fsp3) is 0.231. The van der Waals surface area contributed by atoms with Crippen LogP contribution in [0.15, 0.2) is 73.1 Å². The first-order valence-electron chi connectivity index (χ1n) is 11.4. The number of amides is 2. The molecule has 2 aromatic heterocycles. The number of carbonyl (C=O) groups is 2. The van der Waals surface area contributed by atoms with Gasteiger partial charge in [0.25, 0.3) is 11.8 Å². The Hall–Kier alpha value is -4.04. The number of piperazine rings is 1. The van der Waals surface area contributed by atoms with Gasteiger partial charge >= 0.3 is 0 Å². The second kappa shape index (κ2) is 9.44. The highest BCUT2D eigenvalue weighted by Crippen LogP contribution is 2.22. The fourth-order valence-corrected chi connectivity index (χ4v) is 4.33. The van der Waals surface area contributed by atoms with E-state index in [1.54, 1.807) is 10.5 Å². The van der Waals surface area contributed by atoms with Crippen molar-refractivity contribution in [3.8, 4) is 11.3 Å². The van der Waals surface area contributed by atoms with Crippen LogP contribution in [0.25, 0.3) is 16.9 Å². The molecule has 2 N–H and O–H groups in total. The summed E-state index contributed by atoms with van der Waals surface area (Å²) < 4.78 is 1.57. The van der Waals surface area contributed by atoms with Gasteiger partial charge in [0.2, 0.25) is 0 Å². The molecule has 4 aromatic rings. The lowest BCUT2D eigenvalue weighted by molar-refractivity contribution is 0.0631. The van der Waals surface area contributed by atoms with Gasteiger partial charge in [-0.15, -0.1) is 0 Å². The molecule has 0 spiro atoms. The largest absolute Gasteiger partial charge is 0.364 e. The molecule has 3 heterocycles. The minimum absolute atomic E-state index is 0.0533. The predicted molar refractivity (Wildman–Crippen MR) is 129 cm³/mol. The van der Waals surface area contributed by atoms with Crippen LogP contribution in [0.2, 0.25) is 0 Å². The summed E-state index contributed by atoms with van der Waals surface area (Å²) in [6, 6.07) is 21.8. The van der Waals surface area contributed by atoms with Gasteiger partial charge in [0.15, 0.2) is 11.3 Å². The van der Waals surface area contributed by atoms with Crippen LogP contribution in [0, 0.1) is 0 Å². The number of hydrogen-bond donors (Lipinski definition) is 1. The summed E-state index contributed by atoms with van der Waals surface area (Å²) in [6.45, 7) is 3.86. The van der Waals surface area contributed by atoms with Crippen LogP contribution in [-0.2, 0) is 6.42 Å². The van der Waals surface area contributed by atoms with Gasteiger partial charge in [-0.05, 0) is 18.1 Å². The van der Waals surface area contributed by atoms with E-state index in [1.807, 2.05) is 41.3 Å². The second-order valence-corrected chi connectivity index (χ2v) is 8.41. The number of imidazole rings is 1. The zero-order valence-corrected chi connectivity index (χ0v) is 18.8. The van der Waals surface area contributed by atoms with Crippen molar-refractivity contribution in [2.45, 2.75) is 6.42 Å². The van der Waals surface area contributed by atoms with Crippen molar-refractivity contribution in [2.75, 3.05) is 32.7 Å². The molecule has 0 atom stereocenters. The number of nitrogens with two attached hydrogens (primary N) is 1. The van der Waals surface area contributed by atoms with Crippen molar-refractivity contribution >= 4 is 17.5 Å². The van der Waals surface area contributed by atoms with Crippen molar-refractivity contribution in [3.63, 3.8) is 0 Å². The molecule has 0 unspecified atom stereocenters. The Labute approximate surface area is 197 Å². The summed E-state index contributed by atoms with van der Waals surface area (Å²) >= 11 is 0. The molecule has 0 saturated carbocycles. The Morgan fingerprint density at radius 2 is 1.59 bits per heavy atom. The minimum Gasteiger partial charge on any atom is -0.364 e. The van der Waals surface area contributed by atoms with Gasteiger partial charge in [-0.25, -0.2) is 9.97 Å². The maximum atomic E-state index is 13.6. The molecule has 2 aromatic carbocycles. The van der Waals surface area contributed by atoms with Gasteiger partial charge in [-0.1, -0.05) is 60.7 Å². The number of aromatic nitrogens is 3. The van der Waals surface area contributed by atoms with E-state index in [-0.39, 0.29) is 11.6 Å². The zero-order valence-electron chi connectivity index (χ0n) is 18.8. The van der Waals surface area contributed by atoms with Crippen LogP contribution in [0.1, 0.15) is 26.5 Å². The summed E-state index contributed by atoms with van der Waals surface area (Å²) in [6.07, 6.45) is 2.44. The molecule has 2 amide bonds. The van der Waals surface area contributed by atoms with Gasteiger partial charge in [-0.2, -0.15) is 0 Å². The first-order chi connectivity index (χ1) is 16.6. The van der Waals surface area contributed by atoms with Crippen LogP contribution < -0.4 is 5.73 Å². The Bertz CT molecular complexity index is 1310. The third-order valence-corrected chi connectivity index (χ3v) is 6.24. The molecular weight excluding hydrogens is 428 g/mol.